The Kier molecular flexibility index (Phi) is 4.65. The molecule has 0 aromatic rings. The lowest BCUT2D eigenvalue weighted by molar-refractivity contribution is 1.14. The molecule has 0 saturated carbocycles. The number of hydrogen-bond acceptors (Lipinski definition) is 0. The second kappa shape index (κ2) is 5.04. The molecule has 0 aliphatic heterocycles. The summed E-state index contributed by atoms with van der Waals surface area (Å²) in [6.45, 7) is 10.0. The van der Waals surface area contributed by atoms with Crippen molar-refractivity contribution in [3.63, 3.8) is 0 Å². The molecule has 0 aromatic heterocycles. The molecule has 0 aliphatic carbocycles. The average molecular weight is 136 g/mol. The van der Waals surface area contributed by atoms with E-state index >= 15 is 0 Å². The fraction of sp³-hybridized carbons (Fsp3) is 0.400. The fourth-order valence-electron chi connectivity index (χ4n) is 0.799. The maximum Gasteiger partial charge on any atom is -0.0307 e. The van der Waals surface area contributed by atoms with Gasteiger partial charge in [-0.1, -0.05) is 37.3 Å². The van der Waals surface area contributed by atoms with Crippen molar-refractivity contribution in [1.29, 1.82) is 0 Å². The van der Waals surface area contributed by atoms with Gasteiger partial charge in [-0.2, -0.15) is 0 Å². The third-order valence-corrected chi connectivity index (χ3v) is 1.22. The molecule has 0 nitrogen and oxygen atoms in total. The van der Waals surface area contributed by atoms with Gasteiger partial charge in [0.05, 0.1) is 0 Å². The molecule has 0 spiro atoms. The normalized spacial score (nSPS) is 12.5. The topological polar surface area (TPSA) is 0 Å². The minimum atomic E-state index is 1.08. The van der Waals surface area contributed by atoms with Gasteiger partial charge in [-0.25, -0.2) is 0 Å². The van der Waals surface area contributed by atoms with Crippen LogP contribution in [0.4, 0.5) is 0 Å². The zero-order chi connectivity index (χ0) is 7.98. The third kappa shape index (κ3) is 4.13. The molecule has 0 rings (SSSR count). The molecule has 0 heteroatoms. The van der Waals surface area contributed by atoms with E-state index in [0.29, 0.717) is 0 Å². The monoisotopic (exact) mass is 136 g/mol. The van der Waals surface area contributed by atoms with Gasteiger partial charge in [-0.3, -0.25) is 0 Å². The first-order valence-electron chi connectivity index (χ1n) is 3.69. The summed E-state index contributed by atoms with van der Waals surface area (Å²) in [4.78, 5) is 0. The van der Waals surface area contributed by atoms with Crippen molar-refractivity contribution in [3.05, 3.63) is 36.0 Å². The van der Waals surface area contributed by atoms with Gasteiger partial charge < -0.3 is 0 Å². The van der Waals surface area contributed by atoms with Crippen LogP contribution in [0.5, 0.6) is 0 Å². The van der Waals surface area contributed by atoms with Crippen molar-refractivity contribution >= 4 is 0 Å². The highest BCUT2D eigenvalue weighted by atomic mass is 13.9. The molecule has 56 valence electrons. The first-order chi connectivity index (χ1) is 4.70. The first-order valence-corrected chi connectivity index (χ1v) is 3.69. The lowest BCUT2D eigenvalue weighted by atomic mass is 10.1. The first kappa shape index (κ1) is 9.22. The van der Waals surface area contributed by atoms with Gasteiger partial charge in [0.25, 0.3) is 0 Å². The highest BCUT2D eigenvalue weighted by Crippen LogP contribution is 2.05. The van der Waals surface area contributed by atoms with Gasteiger partial charge in [-0.05, 0) is 25.8 Å². The Bertz CT molecular complexity index is 159. The van der Waals surface area contributed by atoms with Crippen LogP contribution < -0.4 is 0 Å². The Hall–Kier alpha value is -0.780. The molecular formula is C10H16. The van der Waals surface area contributed by atoms with Crippen LogP contribution in [0.3, 0.4) is 0 Å². The van der Waals surface area contributed by atoms with Crippen LogP contribution in [0.2, 0.25) is 0 Å². The minimum Gasteiger partial charge on any atom is -0.0961 e. The third-order valence-electron chi connectivity index (χ3n) is 1.22. The quantitative estimate of drug-likeness (QED) is 0.521. The van der Waals surface area contributed by atoms with Crippen LogP contribution in [0.1, 0.15) is 27.2 Å². The molecular weight excluding hydrogens is 120 g/mol. The Labute approximate surface area is 64.0 Å². The molecule has 0 aliphatic rings. The molecule has 0 heterocycles. The van der Waals surface area contributed by atoms with E-state index in [1.165, 1.54) is 5.57 Å². The number of hydrogen-bond donors (Lipinski definition) is 0. The largest absolute Gasteiger partial charge is 0.0961 e. The van der Waals surface area contributed by atoms with E-state index in [0.717, 1.165) is 12.0 Å². The van der Waals surface area contributed by atoms with E-state index in [-0.39, 0.29) is 0 Å². The van der Waals surface area contributed by atoms with Gasteiger partial charge in [0.15, 0.2) is 0 Å². The zero-order valence-corrected chi connectivity index (χ0v) is 7.15. The fourth-order valence-corrected chi connectivity index (χ4v) is 0.799. The van der Waals surface area contributed by atoms with Gasteiger partial charge >= 0.3 is 0 Å². The van der Waals surface area contributed by atoms with E-state index in [4.69, 9.17) is 0 Å². The minimum absolute atomic E-state index is 1.08. The van der Waals surface area contributed by atoms with Crippen LogP contribution in [-0.4, -0.2) is 0 Å². The summed E-state index contributed by atoms with van der Waals surface area (Å²) >= 11 is 0. The molecule has 0 aromatic carbocycles. The van der Waals surface area contributed by atoms with Crippen molar-refractivity contribution in [2.45, 2.75) is 27.2 Å². The van der Waals surface area contributed by atoms with Crippen molar-refractivity contribution in [1.82, 2.24) is 0 Å². The standard InChI is InChI=1S/C10H16/c1-5-7-10(6-2)8-9(3)4/h5,7-8H,3,6H2,1-2,4H3/b7-5-,10-8-. The highest BCUT2D eigenvalue weighted by Gasteiger charge is 1.85. The SMILES string of the molecule is C=C(C)/C=C(\C=C/C)CC. The molecule has 0 unspecified atom stereocenters. The van der Waals surface area contributed by atoms with E-state index in [9.17, 15) is 0 Å². The summed E-state index contributed by atoms with van der Waals surface area (Å²) in [5.41, 5.74) is 2.46. The lowest BCUT2D eigenvalue weighted by Gasteiger charge is -1.95. The lowest BCUT2D eigenvalue weighted by Crippen LogP contribution is -1.74. The van der Waals surface area contributed by atoms with Crippen LogP contribution in [0.25, 0.3) is 0 Å². The summed E-state index contributed by atoms with van der Waals surface area (Å²) in [7, 11) is 0. The summed E-state index contributed by atoms with van der Waals surface area (Å²) in [5.74, 6) is 0. The van der Waals surface area contributed by atoms with Gasteiger partial charge in [-0.15, -0.1) is 0 Å². The second-order valence-electron chi connectivity index (χ2n) is 2.42. The molecule has 0 bridgehead atoms. The van der Waals surface area contributed by atoms with E-state index < -0.39 is 0 Å². The van der Waals surface area contributed by atoms with Crippen molar-refractivity contribution in [3.8, 4) is 0 Å². The van der Waals surface area contributed by atoms with E-state index in [1.54, 1.807) is 0 Å². The predicted molar refractivity (Wildman–Crippen MR) is 48.0 cm³/mol. The Morgan fingerprint density at radius 2 is 2.10 bits per heavy atom. The van der Waals surface area contributed by atoms with Gasteiger partial charge in [0.1, 0.15) is 0 Å². The predicted octanol–water partition coefficient (Wildman–Crippen LogP) is 3.48. The number of rotatable bonds is 3. The maximum atomic E-state index is 3.81. The maximum absolute atomic E-state index is 3.81. The molecule has 0 radical (unpaired) electrons. The summed E-state index contributed by atoms with van der Waals surface area (Å²) < 4.78 is 0. The molecule has 10 heavy (non-hydrogen) atoms. The summed E-state index contributed by atoms with van der Waals surface area (Å²) in [6, 6.07) is 0. The average Bonchev–Trinajstić information content (AvgIpc) is 1.86. The summed E-state index contributed by atoms with van der Waals surface area (Å²) in [6.07, 6.45) is 7.37. The van der Waals surface area contributed by atoms with Crippen molar-refractivity contribution in [2.75, 3.05) is 0 Å². The summed E-state index contributed by atoms with van der Waals surface area (Å²) in [5, 5.41) is 0. The van der Waals surface area contributed by atoms with Crippen molar-refractivity contribution < 1.29 is 0 Å². The Morgan fingerprint density at radius 1 is 1.50 bits per heavy atom. The molecule has 0 fully saturated rings. The van der Waals surface area contributed by atoms with Gasteiger partial charge in [0.2, 0.25) is 0 Å². The van der Waals surface area contributed by atoms with E-state index in [2.05, 4.69) is 31.7 Å². The van der Waals surface area contributed by atoms with Crippen LogP contribution in [0, 0.1) is 0 Å². The van der Waals surface area contributed by atoms with Crippen molar-refractivity contribution in [2.24, 2.45) is 0 Å². The number of allylic oxidation sites excluding steroid dienone is 5. The molecule has 0 atom stereocenters. The van der Waals surface area contributed by atoms with E-state index in [1.807, 2.05) is 13.8 Å². The highest BCUT2D eigenvalue weighted by molar-refractivity contribution is 5.26. The van der Waals surface area contributed by atoms with Crippen LogP contribution in [0.15, 0.2) is 36.0 Å². The van der Waals surface area contributed by atoms with Gasteiger partial charge in [0, 0.05) is 0 Å². The van der Waals surface area contributed by atoms with Crippen LogP contribution >= 0.6 is 0 Å². The molecule has 0 saturated heterocycles. The Balaban J connectivity index is 4.18. The zero-order valence-electron chi connectivity index (χ0n) is 7.15. The molecule has 0 N–H and O–H groups in total. The molecule has 0 amide bonds. The van der Waals surface area contributed by atoms with Crippen LogP contribution in [-0.2, 0) is 0 Å². The smallest absolute Gasteiger partial charge is 0.0307 e. The second-order valence-corrected chi connectivity index (χ2v) is 2.42. The Morgan fingerprint density at radius 3 is 2.40 bits per heavy atom.